The lowest BCUT2D eigenvalue weighted by Gasteiger charge is -2.35. The normalized spacial score (nSPS) is 16.8. The predicted molar refractivity (Wildman–Crippen MR) is 116 cm³/mol. The molecule has 3 amide bonds. The smallest absolute Gasteiger partial charge is 0.468 e. The molecule has 0 aromatic carbocycles. The van der Waals surface area contributed by atoms with Crippen molar-refractivity contribution in [2.45, 2.75) is 70.8 Å². The van der Waals surface area contributed by atoms with E-state index in [0.717, 1.165) is 38.7 Å². The SMILES string of the molecule is CO/C(=N\C(C)(C)C(=O)N(C)[C@H](C(=O)N[C@@H](CC(=O)O)C(=O)N1CCCC1)C(C)C)C(F)(F)F. The Hall–Kier alpha value is -2.86. The molecular weight excluding hydrogens is 461 g/mol. The molecule has 1 saturated heterocycles. The molecule has 1 aliphatic rings. The molecular formula is C21H33F3N4O6. The van der Waals surface area contributed by atoms with Gasteiger partial charge >= 0.3 is 12.1 Å². The van der Waals surface area contributed by atoms with E-state index in [9.17, 15) is 37.5 Å². The summed E-state index contributed by atoms with van der Waals surface area (Å²) in [5.41, 5.74) is -1.94. The molecule has 0 aromatic heterocycles. The van der Waals surface area contributed by atoms with E-state index in [-0.39, 0.29) is 0 Å². The zero-order valence-corrected chi connectivity index (χ0v) is 20.2. The van der Waals surface area contributed by atoms with E-state index in [0.29, 0.717) is 13.1 Å². The Morgan fingerprint density at radius 2 is 1.68 bits per heavy atom. The molecule has 2 atom stereocenters. The molecule has 1 heterocycles. The van der Waals surface area contributed by atoms with Crippen LogP contribution in [-0.2, 0) is 23.9 Å². The second-order valence-corrected chi connectivity index (χ2v) is 8.97. The number of aliphatic imine (C=N–C) groups is 1. The van der Waals surface area contributed by atoms with Gasteiger partial charge in [0.25, 0.3) is 5.90 Å². The van der Waals surface area contributed by atoms with Gasteiger partial charge in [0.1, 0.15) is 17.6 Å². The summed E-state index contributed by atoms with van der Waals surface area (Å²) in [5.74, 6) is -5.65. The molecule has 0 spiro atoms. The van der Waals surface area contributed by atoms with Crippen LogP contribution in [0.5, 0.6) is 0 Å². The summed E-state index contributed by atoms with van der Waals surface area (Å²) >= 11 is 0. The van der Waals surface area contributed by atoms with Gasteiger partial charge in [-0.05, 0) is 32.6 Å². The van der Waals surface area contributed by atoms with E-state index in [1.54, 1.807) is 13.8 Å². The topological polar surface area (TPSA) is 129 Å². The zero-order valence-electron chi connectivity index (χ0n) is 20.2. The molecule has 194 valence electrons. The van der Waals surface area contributed by atoms with Crippen LogP contribution in [0.25, 0.3) is 0 Å². The van der Waals surface area contributed by atoms with Gasteiger partial charge in [0.15, 0.2) is 0 Å². The van der Waals surface area contributed by atoms with Crippen LogP contribution in [0.1, 0.15) is 47.0 Å². The zero-order chi connectivity index (χ0) is 26.4. The fourth-order valence-electron chi connectivity index (χ4n) is 3.80. The van der Waals surface area contributed by atoms with Crippen molar-refractivity contribution < 1.29 is 42.2 Å². The van der Waals surface area contributed by atoms with Crippen molar-refractivity contribution in [1.29, 1.82) is 0 Å². The van der Waals surface area contributed by atoms with Gasteiger partial charge in [-0.15, -0.1) is 0 Å². The summed E-state index contributed by atoms with van der Waals surface area (Å²) < 4.78 is 43.4. The lowest BCUT2D eigenvalue weighted by molar-refractivity contribution is -0.147. The molecule has 0 unspecified atom stereocenters. The molecule has 0 bridgehead atoms. The quantitative estimate of drug-likeness (QED) is 0.369. The van der Waals surface area contributed by atoms with Crippen LogP contribution in [0.15, 0.2) is 4.99 Å². The number of ether oxygens (including phenoxy) is 1. The van der Waals surface area contributed by atoms with E-state index >= 15 is 0 Å². The Bertz CT molecular complexity index is 807. The first kappa shape index (κ1) is 29.2. The summed E-state index contributed by atoms with van der Waals surface area (Å²) in [7, 11) is 2.01. The van der Waals surface area contributed by atoms with E-state index in [4.69, 9.17) is 0 Å². The van der Waals surface area contributed by atoms with Crippen LogP contribution in [0.3, 0.4) is 0 Å². The number of amides is 3. The van der Waals surface area contributed by atoms with Crippen LogP contribution in [0.4, 0.5) is 13.2 Å². The molecule has 10 nitrogen and oxygen atoms in total. The number of methoxy groups -OCH3 is 1. The molecule has 13 heteroatoms. The van der Waals surface area contributed by atoms with Crippen LogP contribution < -0.4 is 5.32 Å². The molecule has 1 rings (SSSR count). The second-order valence-electron chi connectivity index (χ2n) is 8.97. The van der Waals surface area contributed by atoms with E-state index in [2.05, 4.69) is 15.0 Å². The van der Waals surface area contributed by atoms with Crippen molar-refractivity contribution in [3.63, 3.8) is 0 Å². The van der Waals surface area contributed by atoms with E-state index in [1.807, 2.05) is 0 Å². The Morgan fingerprint density at radius 3 is 2.09 bits per heavy atom. The number of hydrogen-bond acceptors (Lipinski definition) is 6. The van der Waals surface area contributed by atoms with Gasteiger partial charge in [0.05, 0.1) is 13.5 Å². The summed E-state index contributed by atoms with van der Waals surface area (Å²) in [6, 6.07) is -2.55. The molecule has 1 fully saturated rings. The summed E-state index contributed by atoms with van der Waals surface area (Å²) in [6.07, 6.45) is -4.04. The van der Waals surface area contributed by atoms with Gasteiger partial charge in [-0.25, -0.2) is 4.99 Å². The highest BCUT2D eigenvalue weighted by Gasteiger charge is 2.44. The molecule has 0 aliphatic carbocycles. The number of aliphatic carboxylic acids is 1. The monoisotopic (exact) mass is 494 g/mol. The van der Waals surface area contributed by atoms with Crippen LogP contribution in [-0.4, -0.2) is 95.5 Å². The number of carboxylic acid groups (broad SMARTS) is 1. The number of carbonyl (C=O) groups excluding carboxylic acids is 3. The second kappa shape index (κ2) is 11.5. The van der Waals surface area contributed by atoms with Crippen molar-refractivity contribution >= 4 is 29.6 Å². The Balaban J connectivity index is 3.17. The van der Waals surface area contributed by atoms with Crippen molar-refractivity contribution in [3.8, 4) is 0 Å². The number of carbonyl (C=O) groups is 4. The lowest BCUT2D eigenvalue weighted by Crippen LogP contribution is -2.58. The number of nitrogens with one attached hydrogen (secondary N) is 1. The van der Waals surface area contributed by atoms with Gasteiger partial charge in [0, 0.05) is 20.1 Å². The summed E-state index contributed by atoms with van der Waals surface area (Å²) in [4.78, 5) is 56.0. The van der Waals surface area contributed by atoms with Gasteiger partial charge in [-0.1, -0.05) is 13.8 Å². The van der Waals surface area contributed by atoms with Crippen LogP contribution in [0.2, 0.25) is 0 Å². The fourth-order valence-corrected chi connectivity index (χ4v) is 3.80. The first-order valence-corrected chi connectivity index (χ1v) is 10.8. The first-order valence-electron chi connectivity index (χ1n) is 10.8. The number of alkyl halides is 3. The Morgan fingerprint density at radius 1 is 1.15 bits per heavy atom. The number of halogens is 3. The number of likely N-dealkylation sites (tertiary alicyclic amines) is 1. The third-order valence-electron chi connectivity index (χ3n) is 5.39. The average molecular weight is 495 g/mol. The van der Waals surface area contributed by atoms with Gasteiger partial charge in [-0.2, -0.15) is 13.2 Å². The Labute approximate surface area is 196 Å². The van der Waals surface area contributed by atoms with Crippen molar-refractivity contribution in [2.75, 3.05) is 27.2 Å². The number of nitrogens with zero attached hydrogens (tertiary/aromatic N) is 3. The van der Waals surface area contributed by atoms with Crippen molar-refractivity contribution in [3.05, 3.63) is 0 Å². The first-order chi connectivity index (χ1) is 15.5. The van der Waals surface area contributed by atoms with Gasteiger partial charge in [-0.3, -0.25) is 19.2 Å². The molecule has 1 aliphatic heterocycles. The van der Waals surface area contributed by atoms with Gasteiger partial charge < -0.3 is 25.0 Å². The number of hydrogen-bond donors (Lipinski definition) is 2. The third-order valence-corrected chi connectivity index (χ3v) is 5.39. The van der Waals surface area contributed by atoms with Crippen molar-refractivity contribution in [2.24, 2.45) is 10.9 Å². The third kappa shape index (κ3) is 7.59. The molecule has 2 N–H and O–H groups in total. The highest BCUT2D eigenvalue weighted by Crippen LogP contribution is 2.24. The number of carboxylic acids is 1. The molecule has 0 aromatic rings. The van der Waals surface area contributed by atoms with E-state index in [1.165, 1.54) is 11.9 Å². The van der Waals surface area contributed by atoms with Crippen LogP contribution >= 0.6 is 0 Å². The van der Waals surface area contributed by atoms with Crippen LogP contribution in [0, 0.1) is 5.92 Å². The summed E-state index contributed by atoms with van der Waals surface area (Å²) in [6.45, 7) is 6.41. The maximum absolute atomic E-state index is 13.1. The minimum atomic E-state index is -4.92. The fraction of sp³-hybridized carbons (Fsp3) is 0.762. The van der Waals surface area contributed by atoms with Gasteiger partial charge in [0.2, 0.25) is 17.7 Å². The predicted octanol–water partition coefficient (Wildman–Crippen LogP) is 1.44. The molecule has 34 heavy (non-hydrogen) atoms. The minimum Gasteiger partial charge on any atom is -0.481 e. The van der Waals surface area contributed by atoms with Crippen molar-refractivity contribution in [1.82, 2.24) is 15.1 Å². The van der Waals surface area contributed by atoms with E-state index < -0.39 is 65.7 Å². The lowest BCUT2D eigenvalue weighted by atomic mass is 9.97. The maximum Gasteiger partial charge on any atom is 0.468 e. The Kier molecular flexibility index (Phi) is 9.88. The number of likely N-dealkylation sites (N-methyl/N-ethyl adjacent to an activating group) is 1. The largest absolute Gasteiger partial charge is 0.481 e. The summed E-state index contributed by atoms with van der Waals surface area (Å²) in [5, 5.41) is 11.6. The maximum atomic E-state index is 13.1. The molecule has 0 radical (unpaired) electrons. The average Bonchev–Trinajstić information content (AvgIpc) is 3.23. The standard InChI is InChI=1S/C21H33F3N4O6/c1-12(2)15(27(5)19(33)20(3,4)26-18(34-6)21(22,23)24)16(31)25-13(11-14(29)30)17(32)28-9-7-8-10-28/h12-13,15H,7-11H2,1-6H3,(H,25,31)(H,29,30)/b26-18-/t13-,15-/m0/s1. The highest BCUT2D eigenvalue weighted by molar-refractivity contribution is 5.96. The number of rotatable bonds is 9. The molecule has 0 saturated carbocycles. The highest BCUT2D eigenvalue weighted by atomic mass is 19.4. The minimum absolute atomic E-state index is 0.448.